The standard InChI is InChI=1S/C12H13FN2O2/c1-3-17-11-5-4-8(6-9(11)13)10-7-14-12(15-10)16-2/h4-7H,3H2,1-2H3,(H,14,15). The third-order valence-corrected chi connectivity index (χ3v) is 2.29. The van der Waals surface area contributed by atoms with Crippen molar-refractivity contribution in [2.75, 3.05) is 13.7 Å². The number of halogens is 1. The highest BCUT2D eigenvalue weighted by Gasteiger charge is 2.08. The number of H-pyrrole nitrogens is 1. The summed E-state index contributed by atoms with van der Waals surface area (Å²) in [6.45, 7) is 2.25. The van der Waals surface area contributed by atoms with Crippen molar-refractivity contribution in [1.29, 1.82) is 0 Å². The Bertz CT molecular complexity index is 511. The van der Waals surface area contributed by atoms with Crippen molar-refractivity contribution < 1.29 is 13.9 Å². The number of nitrogens with one attached hydrogen (secondary N) is 1. The van der Waals surface area contributed by atoms with Crippen LogP contribution in [0.25, 0.3) is 11.3 Å². The Labute approximate surface area is 98.4 Å². The largest absolute Gasteiger partial charge is 0.491 e. The lowest BCUT2D eigenvalue weighted by molar-refractivity contribution is 0.321. The summed E-state index contributed by atoms with van der Waals surface area (Å²) in [5, 5.41) is 0. The Morgan fingerprint density at radius 3 is 2.82 bits per heavy atom. The molecule has 0 aliphatic heterocycles. The van der Waals surface area contributed by atoms with Gasteiger partial charge in [-0.25, -0.2) is 9.37 Å². The number of rotatable bonds is 4. The molecule has 2 rings (SSSR count). The molecule has 0 aliphatic carbocycles. The maximum Gasteiger partial charge on any atom is 0.293 e. The van der Waals surface area contributed by atoms with Crippen molar-refractivity contribution in [1.82, 2.24) is 9.97 Å². The van der Waals surface area contributed by atoms with Crippen LogP contribution in [0.5, 0.6) is 11.8 Å². The van der Waals surface area contributed by atoms with E-state index in [1.165, 1.54) is 13.2 Å². The zero-order valence-corrected chi connectivity index (χ0v) is 9.66. The van der Waals surface area contributed by atoms with Gasteiger partial charge in [0, 0.05) is 5.56 Å². The Kier molecular flexibility index (Phi) is 3.27. The topological polar surface area (TPSA) is 47.1 Å². The number of methoxy groups -OCH3 is 1. The summed E-state index contributed by atoms with van der Waals surface area (Å²) in [5.41, 5.74) is 1.39. The minimum atomic E-state index is -0.391. The van der Waals surface area contributed by atoms with Gasteiger partial charge in [0.2, 0.25) is 0 Å². The number of nitrogens with zero attached hydrogens (tertiary/aromatic N) is 1. The van der Waals surface area contributed by atoms with Crippen LogP contribution in [0.15, 0.2) is 24.4 Å². The molecule has 0 amide bonds. The number of hydrogen-bond donors (Lipinski definition) is 1. The van der Waals surface area contributed by atoms with Gasteiger partial charge >= 0.3 is 0 Å². The summed E-state index contributed by atoms with van der Waals surface area (Å²) in [6, 6.07) is 5.16. The van der Waals surface area contributed by atoms with Gasteiger partial charge in [0.1, 0.15) is 0 Å². The molecule has 0 spiro atoms. The molecule has 0 saturated carbocycles. The van der Waals surface area contributed by atoms with Gasteiger partial charge in [0.05, 0.1) is 25.6 Å². The molecule has 1 aromatic heterocycles. The summed E-state index contributed by atoms with van der Waals surface area (Å²) in [4.78, 5) is 6.88. The number of benzene rings is 1. The van der Waals surface area contributed by atoms with Crippen LogP contribution in [0.4, 0.5) is 4.39 Å². The Balaban J connectivity index is 2.30. The molecule has 2 aromatic rings. The maximum absolute atomic E-state index is 13.6. The lowest BCUT2D eigenvalue weighted by atomic mass is 10.1. The molecule has 0 fully saturated rings. The molecule has 0 saturated heterocycles. The first kappa shape index (κ1) is 11.4. The minimum absolute atomic E-state index is 0.253. The highest BCUT2D eigenvalue weighted by molar-refractivity contribution is 5.60. The van der Waals surface area contributed by atoms with E-state index in [4.69, 9.17) is 9.47 Å². The van der Waals surface area contributed by atoms with E-state index in [2.05, 4.69) is 9.97 Å². The molecule has 0 atom stereocenters. The van der Waals surface area contributed by atoms with Crippen LogP contribution in [0.3, 0.4) is 0 Å². The van der Waals surface area contributed by atoms with Gasteiger partial charge in [-0.05, 0) is 25.1 Å². The van der Waals surface area contributed by atoms with E-state index in [9.17, 15) is 4.39 Å². The number of aromatic nitrogens is 2. The van der Waals surface area contributed by atoms with Crippen LogP contribution < -0.4 is 9.47 Å². The molecule has 1 N–H and O–H groups in total. The van der Waals surface area contributed by atoms with Crippen LogP contribution >= 0.6 is 0 Å². The van der Waals surface area contributed by atoms with Crippen LogP contribution in [0.1, 0.15) is 6.92 Å². The zero-order valence-electron chi connectivity index (χ0n) is 9.66. The monoisotopic (exact) mass is 236 g/mol. The van der Waals surface area contributed by atoms with Crippen LogP contribution in [-0.4, -0.2) is 23.7 Å². The van der Waals surface area contributed by atoms with Gasteiger partial charge in [-0.2, -0.15) is 0 Å². The summed E-state index contributed by atoms with van der Waals surface area (Å²) in [5.74, 6) is -0.138. The van der Waals surface area contributed by atoms with Gasteiger partial charge in [-0.3, -0.25) is 0 Å². The van der Waals surface area contributed by atoms with Crippen molar-refractivity contribution in [3.8, 4) is 23.0 Å². The molecule has 0 radical (unpaired) electrons. The van der Waals surface area contributed by atoms with Crippen molar-refractivity contribution >= 4 is 0 Å². The maximum atomic E-state index is 13.6. The molecule has 1 heterocycles. The third-order valence-electron chi connectivity index (χ3n) is 2.29. The quantitative estimate of drug-likeness (QED) is 0.887. The molecule has 4 nitrogen and oxygen atoms in total. The minimum Gasteiger partial charge on any atom is -0.491 e. The van der Waals surface area contributed by atoms with E-state index >= 15 is 0 Å². The SMILES string of the molecule is CCOc1ccc(-c2cnc(OC)[nH]2)cc1F. The first-order valence-corrected chi connectivity index (χ1v) is 5.26. The molecule has 0 bridgehead atoms. The van der Waals surface area contributed by atoms with Crippen LogP contribution in [-0.2, 0) is 0 Å². The fraction of sp³-hybridized carbons (Fsp3) is 0.250. The average molecular weight is 236 g/mol. The second-order valence-electron chi connectivity index (χ2n) is 3.38. The summed E-state index contributed by atoms with van der Waals surface area (Å²) in [7, 11) is 1.52. The Morgan fingerprint density at radius 1 is 1.41 bits per heavy atom. The van der Waals surface area contributed by atoms with Crippen molar-refractivity contribution in [3.63, 3.8) is 0 Å². The molecule has 0 aliphatic rings. The van der Waals surface area contributed by atoms with Crippen molar-refractivity contribution in [2.24, 2.45) is 0 Å². The first-order chi connectivity index (χ1) is 8.24. The number of imidazole rings is 1. The number of aromatic amines is 1. The van der Waals surface area contributed by atoms with Gasteiger partial charge < -0.3 is 14.5 Å². The van der Waals surface area contributed by atoms with Gasteiger partial charge in [0.25, 0.3) is 6.01 Å². The molecule has 5 heteroatoms. The predicted molar refractivity (Wildman–Crippen MR) is 61.7 cm³/mol. The van der Waals surface area contributed by atoms with Crippen molar-refractivity contribution in [3.05, 3.63) is 30.2 Å². The van der Waals surface area contributed by atoms with Crippen LogP contribution in [0.2, 0.25) is 0 Å². The second-order valence-corrected chi connectivity index (χ2v) is 3.38. The highest BCUT2D eigenvalue weighted by Crippen LogP contribution is 2.25. The van der Waals surface area contributed by atoms with Crippen molar-refractivity contribution in [2.45, 2.75) is 6.92 Å². The molecular weight excluding hydrogens is 223 g/mol. The predicted octanol–water partition coefficient (Wildman–Crippen LogP) is 2.62. The fourth-order valence-electron chi connectivity index (χ4n) is 1.49. The summed E-state index contributed by atoms with van der Waals surface area (Å²) < 4.78 is 23.7. The fourth-order valence-corrected chi connectivity index (χ4v) is 1.49. The Hall–Kier alpha value is -2.04. The van der Waals surface area contributed by atoms with Gasteiger partial charge in [0.15, 0.2) is 11.6 Å². The first-order valence-electron chi connectivity index (χ1n) is 5.26. The second kappa shape index (κ2) is 4.86. The zero-order chi connectivity index (χ0) is 12.3. The van der Waals surface area contributed by atoms with E-state index in [0.29, 0.717) is 23.9 Å². The lowest BCUT2D eigenvalue weighted by Gasteiger charge is -2.05. The number of ether oxygens (including phenoxy) is 2. The average Bonchev–Trinajstić information content (AvgIpc) is 2.80. The highest BCUT2D eigenvalue weighted by atomic mass is 19.1. The Morgan fingerprint density at radius 2 is 2.24 bits per heavy atom. The molecule has 90 valence electrons. The van der Waals surface area contributed by atoms with E-state index in [0.717, 1.165) is 0 Å². The lowest BCUT2D eigenvalue weighted by Crippen LogP contribution is -1.94. The van der Waals surface area contributed by atoms with Gasteiger partial charge in [-0.1, -0.05) is 0 Å². The normalized spacial score (nSPS) is 10.3. The van der Waals surface area contributed by atoms with Gasteiger partial charge in [-0.15, -0.1) is 0 Å². The van der Waals surface area contributed by atoms with E-state index in [1.807, 2.05) is 6.92 Å². The van der Waals surface area contributed by atoms with E-state index in [-0.39, 0.29) is 5.75 Å². The molecular formula is C12H13FN2O2. The summed E-state index contributed by atoms with van der Waals surface area (Å²) >= 11 is 0. The smallest absolute Gasteiger partial charge is 0.293 e. The summed E-state index contributed by atoms with van der Waals surface area (Å²) in [6.07, 6.45) is 1.59. The number of hydrogen-bond acceptors (Lipinski definition) is 3. The third kappa shape index (κ3) is 2.38. The van der Waals surface area contributed by atoms with E-state index in [1.54, 1.807) is 18.3 Å². The van der Waals surface area contributed by atoms with E-state index < -0.39 is 5.82 Å². The molecule has 0 unspecified atom stereocenters. The molecule has 1 aromatic carbocycles. The van der Waals surface area contributed by atoms with Crippen LogP contribution in [0, 0.1) is 5.82 Å². The molecule has 17 heavy (non-hydrogen) atoms.